The Morgan fingerprint density at radius 1 is 0.475 bits per heavy atom. The number of hydrogen-bond acceptors (Lipinski definition) is 20. The molecule has 3 N–H and O–H groups in total. The molecule has 22 nitrogen and oxygen atoms in total. The van der Waals surface area contributed by atoms with E-state index in [9.17, 15) is 48.6 Å². The van der Waals surface area contributed by atoms with E-state index in [1.54, 1.807) is 40.9 Å². The molecule has 10 aromatic rings. The second kappa shape index (κ2) is 35.5. The molecule has 0 bridgehead atoms. The minimum Gasteiger partial charge on any atom is -1.00 e. The van der Waals surface area contributed by atoms with Crippen molar-refractivity contribution in [2.24, 2.45) is 0 Å². The van der Waals surface area contributed by atoms with E-state index in [-0.39, 0.29) is 117 Å². The average Bonchev–Trinajstić information content (AvgIpc) is 1.53. The minimum absolute atomic E-state index is 0. The third-order valence-corrected chi connectivity index (χ3v) is 32.8. The molecule has 4 unspecified atom stereocenters. The summed E-state index contributed by atoms with van der Waals surface area (Å²) < 4.78 is 32.4. The number of benzene rings is 8. The zero-order chi connectivity index (χ0) is 98.0. The van der Waals surface area contributed by atoms with Crippen molar-refractivity contribution in [3.63, 3.8) is 0 Å². The second-order valence-electron chi connectivity index (χ2n) is 41.1. The van der Waals surface area contributed by atoms with E-state index in [0.717, 1.165) is 119 Å². The van der Waals surface area contributed by atoms with E-state index in [4.69, 9.17) is 30.1 Å². The Bertz CT molecular complexity index is 7520. The number of aromatic nitrogens is 2. The van der Waals surface area contributed by atoms with Crippen molar-refractivity contribution in [1.82, 2.24) is 10.3 Å². The van der Waals surface area contributed by atoms with Gasteiger partial charge in [0.15, 0.2) is 6.54 Å². The summed E-state index contributed by atoms with van der Waals surface area (Å²) in [5, 5.41) is 23.3. The van der Waals surface area contributed by atoms with Crippen LogP contribution in [0.3, 0.4) is 0 Å². The number of hydrogen-bond donors (Lipinski definition) is 3. The molecule has 4 atom stereocenters. The zero-order valence-electron chi connectivity index (χ0n) is 80.9. The number of aryl methyl sites for hydroxylation is 1. The van der Waals surface area contributed by atoms with Crippen molar-refractivity contribution in [2.45, 2.75) is 191 Å². The van der Waals surface area contributed by atoms with Crippen molar-refractivity contribution in [1.29, 1.82) is 0 Å². The number of allylic oxidation sites excluding steroid dienone is 4. The van der Waals surface area contributed by atoms with Crippen LogP contribution in [0.4, 0.5) is 22.7 Å². The van der Waals surface area contributed by atoms with Gasteiger partial charge >= 0.3 is 41.8 Å². The number of nitrogens with zero attached hydrogens (tertiary/aromatic N) is 6. The van der Waals surface area contributed by atoms with Gasteiger partial charge in [0.05, 0.1) is 41.4 Å². The monoisotopic (exact) mass is 2030 g/mol. The lowest BCUT2D eigenvalue weighted by molar-refractivity contribution is -0.669. The molecule has 8 aromatic carbocycles. The first-order valence-corrected chi connectivity index (χ1v) is 49.6. The van der Waals surface area contributed by atoms with Crippen molar-refractivity contribution >= 4 is 126 Å². The number of halogens is 1. The van der Waals surface area contributed by atoms with Crippen LogP contribution in [0.15, 0.2) is 268 Å². The van der Waals surface area contributed by atoms with E-state index >= 15 is 0 Å². The number of terminal acetylenes is 1. The topological polar surface area (TPSA) is 265 Å². The SMILES string of the molecule is C#CCNC(=O)CCC[n+]1c(/C=C/C2=CC3=C4N(CCC3OC2=O)c2ccccc2C4(C)C)sc2ccccc21.CC1(C)C2=C3C=C(/C=C/c4nc5ccccc5s4)C(=O)OC3CCN2c2ccc(CC(=O)O)cc21.CC1(C)C2=C3C=C(C(=O)O)C(=O)OC3CCN2c2cc3c(cc21)-c1ccccc1C3(C)C.COC(=O)C1=CC2=C3N(CCC2OC1=O)c1cc2c(cc1C3(C)C)-c1ccccc1C2(C)C.[I-]. The first-order valence-electron chi connectivity index (χ1n) is 47.9. The standard InChI is InChI=1S/C33H31N3O3S.C28H24N2O4S.C28H27NO4.C27H25NO4.HI/c1-4-18-34-29(37)14-9-19-35-26-12-7-8-13-28(26)40-30(35)16-15-22-21-23-27(39-32(22)38)17-20-36-25-11-6-5-10-24(25)33(2,3)31(23)36;1-28(2)19-13-16(14-25(31)32)7-9-21(19)30-12-11-22-18(26(28)30)15-17(27(33)34-22)8-10-24-29-20-5-3-4-6-23(20)35-24;1-27(2)19-9-7-6-8-15(19)16-13-21-22(14-20(16)27)29-11-10-23-17(24(29)28(21,3)4)12-18(25(30)32-5)26(31)33-23;1-26(2)18-8-6-5-7-14(18)15-12-20-21(13-19(15)26)28-10-9-22-16(23(28)27(20,3)4)11-17(24(29)30)25(31)32-22;/h1,5-8,10-13,15-16,21,27H,9,14,17-20H2,2-3H3;3-10,13,15,22H,11-12,14H2,1-2H3,(H,31,32);6-9,12-14,23H,10-11H2,1-5H3;5-8,11-13,22H,9-10H2,1-4H3,(H,29,30);1H/b;10-8+;;;. The van der Waals surface area contributed by atoms with Gasteiger partial charge in [-0.25, -0.2) is 33.8 Å². The molecule has 24 rings (SSSR count). The molecule has 2 aromatic heterocycles. The molecular formula is C116H108IN7O15S2. The molecule has 14 aliphatic rings. The smallest absolute Gasteiger partial charge is 0.346 e. The first kappa shape index (κ1) is 94.8. The predicted octanol–water partition coefficient (Wildman–Crippen LogP) is 16.7. The van der Waals surface area contributed by atoms with Crippen LogP contribution in [0.1, 0.15) is 182 Å². The van der Waals surface area contributed by atoms with E-state index in [1.165, 1.54) is 91.1 Å². The van der Waals surface area contributed by atoms with Gasteiger partial charge in [0.25, 0.3) is 5.01 Å². The molecule has 0 radical (unpaired) electrons. The van der Waals surface area contributed by atoms with Gasteiger partial charge in [-0.1, -0.05) is 203 Å². The van der Waals surface area contributed by atoms with E-state index < -0.39 is 36.0 Å². The van der Waals surface area contributed by atoms with Crippen molar-refractivity contribution in [3.05, 3.63) is 328 Å². The summed E-state index contributed by atoms with van der Waals surface area (Å²) in [5.74, 6) is -2.31. The third kappa shape index (κ3) is 15.7. The maximum absolute atomic E-state index is 13.1. The number of amides is 1. The van der Waals surface area contributed by atoms with Crippen LogP contribution in [0.2, 0.25) is 0 Å². The largest absolute Gasteiger partial charge is 1.00 e. The number of esters is 5. The molecule has 0 spiro atoms. The quantitative estimate of drug-likeness (QED) is 0.0242. The fraction of sp³-hybridized carbons (Fsp3) is 0.310. The highest BCUT2D eigenvalue weighted by atomic mass is 127. The van der Waals surface area contributed by atoms with Gasteiger partial charge in [-0.3, -0.25) is 9.59 Å². The highest BCUT2D eigenvalue weighted by Gasteiger charge is 2.55. The van der Waals surface area contributed by atoms with Crippen molar-refractivity contribution in [3.8, 4) is 34.6 Å². The summed E-state index contributed by atoms with van der Waals surface area (Å²) in [6.45, 7) is 30.7. The molecule has 141 heavy (non-hydrogen) atoms. The minimum atomic E-state index is -1.25. The number of ether oxygens (including phenoxy) is 5. The molecule has 716 valence electrons. The Hall–Kier alpha value is -13.8. The molecular weight excluding hydrogens is 1920 g/mol. The van der Waals surface area contributed by atoms with Crippen LogP contribution in [0.25, 0.3) is 54.8 Å². The van der Waals surface area contributed by atoms with Crippen LogP contribution < -0.4 is 53.5 Å². The van der Waals surface area contributed by atoms with Crippen LogP contribution >= 0.6 is 22.7 Å². The Morgan fingerprint density at radius 3 is 1.43 bits per heavy atom. The molecule has 2 aliphatic carbocycles. The van der Waals surface area contributed by atoms with Gasteiger partial charge < -0.3 is 82.8 Å². The molecule has 14 heterocycles. The van der Waals surface area contributed by atoms with Gasteiger partial charge in [-0.05, 0) is 169 Å². The van der Waals surface area contributed by atoms with Gasteiger partial charge in [-0.2, -0.15) is 4.57 Å². The summed E-state index contributed by atoms with van der Waals surface area (Å²) in [6.07, 6.45) is 22.7. The number of carbonyl (C=O) groups excluding carboxylic acids is 6. The number of methoxy groups -OCH3 is 1. The van der Waals surface area contributed by atoms with Gasteiger partial charge in [0.2, 0.25) is 11.4 Å². The highest BCUT2D eigenvalue weighted by Crippen LogP contribution is 2.62. The van der Waals surface area contributed by atoms with Gasteiger partial charge in [0.1, 0.15) is 45.3 Å². The molecule has 12 aliphatic heterocycles. The lowest BCUT2D eigenvalue weighted by Crippen LogP contribution is -3.00. The second-order valence-corrected chi connectivity index (χ2v) is 43.2. The molecule has 0 fully saturated rings. The zero-order valence-corrected chi connectivity index (χ0v) is 84.7. The number of carboxylic acids is 2. The van der Waals surface area contributed by atoms with Crippen molar-refractivity contribution < 1.29 is 101 Å². The molecule has 0 saturated heterocycles. The van der Waals surface area contributed by atoms with E-state index in [1.807, 2.05) is 85.0 Å². The summed E-state index contributed by atoms with van der Waals surface area (Å²) >= 11 is 3.25. The number of nitrogens with one attached hydrogen (secondary N) is 1. The van der Waals surface area contributed by atoms with Crippen LogP contribution in [0.5, 0.6) is 0 Å². The number of aliphatic carboxylic acids is 2. The fourth-order valence-electron chi connectivity index (χ4n) is 24.1. The molecule has 0 saturated carbocycles. The van der Waals surface area contributed by atoms with Crippen LogP contribution in [-0.2, 0) is 107 Å². The third-order valence-electron chi connectivity index (χ3n) is 30.7. The summed E-state index contributed by atoms with van der Waals surface area (Å²) in [6, 6.07) is 57.4. The Labute approximate surface area is 843 Å². The van der Waals surface area contributed by atoms with Gasteiger partial charge in [-0.15, -0.1) is 17.8 Å². The number of carbonyl (C=O) groups is 8. The molecule has 1 amide bonds. The van der Waals surface area contributed by atoms with Crippen molar-refractivity contribution in [2.75, 3.05) is 59.4 Å². The Kier molecular flexibility index (Phi) is 23.8. The summed E-state index contributed by atoms with van der Waals surface area (Å²) in [7, 11) is 1.28. The summed E-state index contributed by atoms with van der Waals surface area (Å²) in [5.41, 5.74) is 30.7. The van der Waals surface area contributed by atoms with E-state index in [0.29, 0.717) is 49.8 Å². The number of para-hydroxylation sites is 3. The number of anilines is 4. The van der Waals surface area contributed by atoms with Gasteiger partial charge in [0, 0.05) is 177 Å². The first-order chi connectivity index (χ1) is 67.0. The highest BCUT2D eigenvalue weighted by molar-refractivity contribution is 7.19. The Balaban J connectivity index is 0.000000115. The predicted molar refractivity (Wildman–Crippen MR) is 543 cm³/mol. The normalized spacial score (nSPS) is 21.2. The fourth-order valence-corrected chi connectivity index (χ4v) is 26.0. The lowest BCUT2D eigenvalue weighted by Gasteiger charge is -2.38. The van der Waals surface area contributed by atoms with Crippen LogP contribution in [-0.4, -0.2) is 127 Å². The number of carboxylic acid groups (broad SMARTS) is 2. The molecule has 25 heteroatoms. The van der Waals surface area contributed by atoms with Crippen LogP contribution in [0, 0.1) is 12.3 Å². The summed E-state index contributed by atoms with van der Waals surface area (Å²) in [4.78, 5) is 112. The number of thiazole rings is 2. The Morgan fingerprint density at radius 2 is 0.915 bits per heavy atom. The number of rotatable bonds is 13. The lowest BCUT2D eigenvalue weighted by atomic mass is 9.77. The maximum Gasteiger partial charge on any atom is 0.346 e. The average molecular weight is 2030 g/mol. The van der Waals surface area contributed by atoms with E-state index in [2.05, 4.69) is 233 Å². The maximum atomic E-state index is 13.1. The number of fused-ring (bicyclic) bond motifs is 24.